The number of aromatic amines is 1. The smallest absolute Gasteiger partial charge is 0.252 e. The van der Waals surface area contributed by atoms with Crippen molar-refractivity contribution in [3.05, 3.63) is 98.6 Å². The first-order valence-electron chi connectivity index (χ1n) is 9.24. The van der Waals surface area contributed by atoms with E-state index in [1.54, 1.807) is 30.3 Å². The Morgan fingerprint density at radius 3 is 2.50 bits per heavy atom. The first kappa shape index (κ1) is 20.6. The predicted molar refractivity (Wildman–Crippen MR) is 119 cm³/mol. The van der Waals surface area contributed by atoms with Crippen molar-refractivity contribution in [3.63, 3.8) is 0 Å². The summed E-state index contributed by atoms with van der Waals surface area (Å²) in [4.78, 5) is 15.8. The number of nitrogens with one attached hydrogen (secondary N) is 1. The normalized spacial score (nSPS) is 12.0. The maximum atomic E-state index is 13.4. The fourth-order valence-corrected chi connectivity index (χ4v) is 4.94. The topological polar surface area (TPSA) is 83.4 Å². The first-order chi connectivity index (χ1) is 14.3. The quantitative estimate of drug-likeness (QED) is 0.432. The van der Waals surface area contributed by atoms with Gasteiger partial charge in [-0.25, -0.2) is 8.42 Å². The van der Waals surface area contributed by atoms with Gasteiger partial charge in [0.2, 0.25) is 10.0 Å². The Labute approximate surface area is 182 Å². The number of H-pyrrole nitrogens is 1. The summed E-state index contributed by atoms with van der Waals surface area (Å²) in [7, 11) is -3.87. The zero-order valence-electron chi connectivity index (χ0n) is 16.1. The molecule has 0 aliphatic rings. The van der Waals surface area contributed by atoms with Crippen LogP contribution in [0.25, 0.3) is 10.9 Å². The summed E-state index contributed by atoms with van der Waals surface area (Å²) in [6.07, 6.45) is 1.49. The van der Waals surface area contributed by atoms with E-state index in [0.29, 0.717) is 11.3 Å². The van der Waals surface area contributed by atoms with Crippen LogP contribution in [0.1, 0.15) is 16.9 Å². The summed E-state index contributed by atoms with van der Waals surface area (Å²) in [6, 6.07) is 17.3. The molecule has 4 rings (SSSR count). The second-order valence-corrected chi connectivity index (χ2v) is 9.82. The van der Waals surface area contributed by atoms with E-state index in [4.69, 9.17) is 4.42 Å². The maximum absolute atomic E-state index is 13.4. The van der Waals surface area contributed by atoms with Gasteiger partial charge in [-0.15, -0.1) is 0 Å². The number of rotatable bonds is 6. The number of hydrogen-bond donors (Lipinski definition) is 1. The highest BCUT2D eigenvalue weighted by molar-refractivity contribution is 9.10. The Kier molecular flexibility index (Phi) is 5.64. The lowest BCUT2D eigenvalue weighted by atomic mass is 10.1. The van der Waals surface area contributed by atoms with Crippen LogP contribution in [-0.2, 0) is 23.1 Å². The molecular formula is C22H19BrN2O4S. The van der Waals surface area contributed by atoms with E-state index in [2.05, 4.69) is 20.9 Å². The first-order valence-corrected chi connectivity index (χ1v) is 11.5. The monoisotopic (exact) mass is 486 g/mol. The summed E-state index contributed by atoms with van der Waals surface area (Å²) in [5.74, 6) is 0.490. The minimum absolute atomic E-state index is 0.0106. The number of para-hydroxylation sites is 1. The molecule has 2 heterocycles. The van der Waals surface area contributed by atoms with Gasteiger partial charge in [0.25, 0.3) is 5.56 Å². The van der Waals surface area contributed by atoms with Crippen molar-refractivity contribution in [1.82, 2.24) is 9.29 Å². The number of fused-ring (bicyclic) bond motifs is 1. The van der Waals surface area contributed by atoms with Crippen LogP contribution < -0.4 is 5.56 Å². The molecule has 154 valence electrons. The van der Waals surface area contributed by atoms with Crippen molar-refractivity contribution in [2.24, 2.45) is 0 Å². The Balaban J connectivity index is 1.77. The molecule has 0 aliphatic heterocycles. The van der Waals surface area contributed by atoms with Crippen molar-refractivity contribution >= 4 is 36.9 Å². The molecule has 0 radical (unpaired) electrons. The number of halogens is 1. The minimum Gasteiger partial charge on any atom is -0.468 e. The van der Waals surface area contributed by atoms with Crippen molar-refractivity contribution in [2.75, 3.05) is 0 Å². The Hall–Kier alpha value is -2.68. The number of furan rings is 1. The average Bonchev–Trinajstić information content (AvgIpc) is 3.22. The SMILES string of the molecule is Cc1cccc2cc(CN(Cc3ccco3)S(=O)(=O)c3ccc(Br)cc3)c(=O)[nH]c12. The third kappa shape index (κ3) is 4.12. The maximum Gasteiger partial charge on any atom is 0.252 e. The van der Waals surface area contributed by atoms with E-state index < -0.39 is 10.0 Å². The molecule has 0 aliphatic carbocycles. The zero-order chi connectivity index (χ0) is 21.3. The van der Waals surface area contributed by atoms with E-state index in [9.17, 15) is 13.2 Å². The highest BCUT2D eigenvalue weighted by Gasteiger charge is 2.27. The average molecular weight is 487 g/mol. The van der Waals surface area contributed by atoms with Gasteiger partial charge in [-0.05, 0) is 60.3 Å². The molecule has 0 bridgehead atoms. The fraction of sp³-hybridized carbons (Fsp3) is 0.136. The van der Waals surface area contributed by atoms with E-state index in [1.165, 1.54) is 22.7 Å². The van der Waals surface area contributed by atoms with Crippen LogP contribution in [0.2, 0.25) is 0 Å². The molecule has 30 heavy (non-hydrogen) atoms. The summed E-state index contributed by atoms with van der Waals surface area (Å²) >= 11 is 3.32. The van der Waals surface area contributed by atoms with E-state index >= 15 is 0 Å². The number of pyridine rings is 1. The number of nitrogens with zero attached hydrogens (tertiary/aromatic N) is 1. The number of sulfonamides is 1. The molecule has 1 N–H and O–H groups in total. The number of aryl methyl sites for hydroxylation is 1. The summed E-state index contributed by atoms with van der Waals surface area (Å²) in [5.41, 5.74) is 1.75. The largest absolute Gasteiger partial charge is 0.468 e. The Bertz CT molecular complexity index is 1340. The third-order valence-corrected chi connectivity index (χ3v) is 7.21. The van der Waals surface area contributed by atoms with Crippen LogP contribution in [0, 0.1) is 6.92 Å². The van der Waals surface area contributed by atoms with Crippen molar-refractivity contribution in [1.29, 1.82) is 0 Å². The number of hydrogen-bond acceptors (Lipinski definition) is 4. The second-order valence-electron chi connectivity index (χ2n) is 6.97. The van der Waals surface area contributed by atoms with Gasteiger partial charge >= 0.3 is 0 Å². The number of aromatic nitrogens is 1. The summed E-state index contributed by atoms with van der Waals surface area (Å²) < 4.78 is 34.1. The van der Waals surface area contributed by atoms with Gasteiger partial charge < -0.3 is 9.40 Å². The molecule has 0 unspecified atom stereocenters. The predicted octanol–water partition coefficient (Wildman–Crippen LogP) is 4.58. The van der Waals surface area contributed by atoms with Crippen LogP contribution in [0.15, 0.2) is 85.5 Å². The Morgan fingerprint density at radius 2 is 1.80 bits per heavy atom. The molecule has 0 atom stereocenters. The van der Waals surface area contributed by atoms with Crippen LogP contribution >= 0.6 is 15.9 Å². The Morgan fingerprint density at radius 1 is 1.03 bits per heavy atom. The van der Waals surface area contributed by atoms with Crippen molar-refractivity contribution < 1.29 is 12.8 Å². The lowest BCUT2D eigenvalue weighted by Gasteiger charge is -2.21. The highest BCUT2D eigenvalue weighted by atomic mass is 79.9. The van der Waals surface area contributed by atoms with Gasteiger partial charge in [-0.2, -0.15) is 4.31 Å². The molecule has 0 saturated carbocycles. The summed E-state index contributed by atoms with van der Waals surface area (Å²) in [6.45, 7) is 1.84. The fourth-order valence-electron chi connectivity index (χ4n) is 3.29. The van der Waals surface area contributed by atoms with E-state index in [0.717, 1.165) is 20.9 Å². The molecule has 8 heteroatoms. The van der Waals surface area contributed by atoms with Gasteiger partial charge in [0.05, 0.1) is 23.2 Å². The van der Waals surface area contributed by atoms with Gasteiger partial charge in [0, 0.05) is 16.6 Å². The van der Waals surface area contributed by atoms with E-state index in [-0.39, 0.29) is 23.5 Å². The molecule has 4 aromatic rings. The van der Waals surface area contributed by atoms with Crippen LogP contribution in [0.5, 0.6) is 0 Å². The van der Waals surface area contributed by atoms with Crippen LogP contribution in [-0.4, -0.2) is 17.7 Å². The van der Waals surface area contributed by atoms with E-state index in [1.807, 2.05) is 25.1 Å². The van der Waals surface area contributed by atoms with Gasteiger partial charge in [-0.3, -0.25) is 4.79 Å². The van der Waals surface area contributed by atoms with Gasteiger partial charge in [-0.1, -0.05) is 34.1 Å². The molecule has 2 aromatic heterocycles. The third-order valence-electron chi connectivity index (χ3n) is 4.88. The van der Waals surface area contributed by atoms with Crippen molar-refractivity contribution in [2.45, 2.75) is 24.9 Å². The highest BCUT2D eigenvalue weighted by Crippen LogP contribution is 2.23. The molecule has 0 fully saturated rings. The zero-order valence-corrected chi connectivity index (χ0v) is 18.5. The molecule has 0 spiro atoms. The van der Waals surface area contributed by atoms with Gasteiger partial charge in [0.15, 0.2) is 0 Å². The van der Waals surface area contributed by atoms with Crippen LogP contribution in [0.4, 0.5) is 0 Å². The molecule has 6 nitrogen and oxygen atoms in total. The second kappa shape index (κ2) is 8.22. The van der Waals surface area contributed by atoms with Gasteiger partial charge in [0.1, 0.15) is 5.76 Å². The van der Waals surface area contributed by atoms with Crippen LogP contribution in [0.3, 0.4) is 0 Å². The molecular weight excluding hydrogens is 468 g/mol. The lowest BCUT2D eigenvalue weighted by Crippen LogP contribution is -2.32. The molecule has 2 aromatic carbocycles. The molecule has 0 saturated heterocycles. The minimum atomic E-state index is -3.87. The standard InChI is InChI=1S/C22H19BrN2O4S/c1-15-4-2-5-16-12-17(22(26)24-21(15)16)13-25(14-19-6-3-11-29-19)30(27,28)20-9-7-18(23)8-10-20/h2-12H,13-14H2,1H3,(H,24,26). The lowest BCUT2D eigenvalue weighted by molar-refractivity contribution is 0.357. The van der Waals surface area contributed by atoms with Crippen molar-refractivity contribution in [3.8, 4) is 0 Å². The summed E-state index contributed by atoms with van der Waals surface area (Å²) in [5, 5.41) is 0.851. The number of benzene rings is 2. The molecule has 0 amide bonds.